The van der Waals surface area contributed by atoms with Crippen LogP contribution in [0.4, 0.5) is 5.69 Å². The van der Waals surface area contributed by atoms with E-state index in [4.69, 9.17) is 11.6 Å². The largest absolute Gasteiger partial charge is 0.383 e. The molecule has 1 aromatic heterocycles. The Kier molecular flexibility index (Phi) is 4.46. The van der Waals surface area contributed by atoms with Crippen LogP contribution in [0, 0.1) is 5.92 Å². The Balaban J connectivity index is 1.73. The van der Waals surface area contributed by atoms with E-state index in [9.17, 15) is 0 Å². The maximum Gasteiger partial charge on any atom is 0.0716 e. The number of aromatic nitrogens is 1. The van der Waals surface area contributed by atoms with Gasteiger partial charge in [0.05, 0.1) is 16.9 Å². The first-order valence-electron chi connectivity index (χ1n) is 6.19. The second kappa shape index (κ2) is 6.09. The van der Waals surface area contributed by atoms with Gasteiger partial charge in [0.1, 0.15) is 0 Å². The average molecular weight is 239 g/mol. The maximum atomic E-state index is 6.04. The molecule has 0 bridgehead atoms. The van der Waals surface area contributed by atoms with Gasteiger partial charge >= 0.3 is 0 Å². The molecule has 1 aromatic rings. The Morgan fingerprint density at radius 2 is 2.12 bits per heavy atom. The second-order valence-corrected chi connectivity index (χ2v) is 4.98. The lowest BCUT2D eigenvalue weighted by molar-refractivity contribution is 0.345. The minimum absolute atomic E-state index is 0.763. The Morgan fingerprint density at radius 1 is 1.31 bits per heavy atom. The average Bonchev–Trinajstić information content (AvgIpc) is 2.33. The molecule has 0 aromatic carbocycles. The third-order valence-electron chi connectivity index (χ3n) is 3.36. The molecule has 16 heavy (non-hydrogen) atoms. The summed E-state index contributed by atoms with van der Waals surface area (Å²) in [7, 11) is 0. The van der Waals surface area contributed by atoms with Crippen LogP contribution in [0.3, 0.4) is 0 Å². The number of anilines is 1. The highest BCUT2D eigenvalue weighted by Gasteiger charge is 2.12. The van der Waals surface area contributed by atoms with Crippen molar-refractivity contribution in [1.29, 1.82) is 0 Å². The summed E-state index contributed by atoms with van der Waals surface area (Å²) in [6.45, 7) is 1.01. The molecule has 1 fully saturated rings. The molecule has 0 unspecified atom stereocenters. The van der Waals surface area contributed by atoms with Crippen LogP contribution < -0.4 is 5.32 Å². The molecule has 3 heteroatoms. The molecule has 0 saturated heterocycles. The van der Waals surface area contributed by atoms with Gasteiger partial charge in [0.15, 0.2) is 0 Å². The van der Waals surface area contributed by atoms with Crippen LogP contribution in [0.2, 0.25) is 5.02 Å². The highest BCUT2D eigenvalue weighted by Crippen LogP contribution is 2.26. The summed E-state index contributed by atoms with van der Waals surface area (Å²) in [5.41, 5.74) is 0.958. The van der Waals surface area contributed by atoms with Gasteiger partial charge in [0.25, 0.3) is 0 Å². The summed E-state index contributed by atoms with van der Waals surface area (Å²) in [5.74, 6) is 0.914. The van der Waals surface area contributed by atoms with Crippen molar-refractivity contribution in [3.63, 3.8) is 0 Å². The first-order chi connectivity index (χ1) is 7.86. The van der Waals surface area contributed by atoms with Gasteiger partial charge in [-0.2, -0.15) is 0 Å². The van der Waals surface area contributed by atoms with Crippen molar-refractivity contribution in [3.8, 4) is 0 Å². The Labute approximate surface area is 102 Å². The molecule has 0 radical (unpaired) electrons. The molecule has 0 aliphatic heterocycles. The highest BCUT2D eigenvalue weighted by atomic mass is 35.5. The van der Waals surface area contributed by atoms with Gasteiger partial charge in [-0.3, -0.25) is 4.98 Å². The topological polar surface area (TPSA) is 24.9 Å². The maximum absolute atomic E-state index is 6.04. The minimum Gasteiger partial charge on any atom is -0.383 e. The number of nitrogens with one attached hydrogen (secondary N) is 1. The van der Waals surface area contributed by atoms with Crippen LogP contribution in [0.15, 0.2) is 18.5 Å². The molecular formula is C13H19ClN2. The number of nitrogens with zero attached hydrogens (tertiary/aromatic N) is 1. The lowest BCUT2D eigenvalue weighted by atomic mass is 9.87. The lowest BCUT2D eigenvalue weighted by Crippen LogP contribution is -2.12. The van der Waals surface area contributed by atoms with E-state index < -0.39 is 0 Å². The standard InChI is InChI=1S/C13H19ClN2/c14-12-7-8-15-10-13(12)16-9-6-11-4-2-1-3-5-11/h7-8,10-11,16H,1-6,9H2. The number of pyridine rings is 1. The quantitative estimate of drug-likeness (QED) is 0.854. The SMILES string of the molecule is Clc1ccncc1NCCC1CCCCC1. The van der Waals surface area contributed by atoms with Crippen LogP contribution in [0.1, 0.15) is 38.5 Å². The molecule has 1 heterocycles. The van der Waals surface area contributed by atoms with Crippen molar-refractivity contribution in [3.05, 3.63) is 23.5 Å². The van der Waals surface area contributed by atoms with E-state index in [1.807, 2.05) is 6.07 Å². The zero-order valence-electron chi connectivity index (χ0n) is 9.58. The van der Waals surface area contributed by atoms with Crippen LogP contribution >= 0.6 is 11.6 Å². The molecular weight excluding hydrogens is 220 g/mol. The molecule has 2 rings (SSSR count). The van der Waals surface area contributed by atoms with Crippen molar-refractivity contribution >= 4 is 17.3 Å². The first kappa shape index (κ1) is 11.7. The van der Waals surface area contributed by atoms with Crippen molar-refractivity contribution in [1.82, 2.24) is 4.98 Å². The van der Waals surface area contributed by atoms with Crippen LogP contribution in [0.25, 0.3) is 0 Å². The van der Waals surface area contributed by atoms with E-state index in [1.54, 1.807) is 12.4 Å². The predicted octanol–water partition coefficient (Wildman–Crippen LogP) is 4.12. The molecule has 0 spiro atoms. The Morgan fingerprint density at radius 3 is 2.88 bits per heavy atom. The summed E-state index contributed by atoms with van der Waals surface area (Å²) in [6.07, 6.45) is 11.8. The van der Waals surface area contributed by atoms with Crippen LogP contribution in [0.5, 0.6) is 0 Å². The van der Waals surface area contributed by atoms with Gasteiger partial charge in [-0.15, -0.1) is 0 Å². The third kappa shape index (κ3) is 3.38. The van der Waals surface area contributed by atoms with Crippen molar-refractivity contribution in [2.45, 2.75) is 38.5 Å². The Hall–Kier alpha value is -0.760. The second-order valence-electron chi connectivity index (χ2n) is 4.58. The van der Waals surface area contributed by atoms with Gasteiger partial charge in [-0.25, -0.2) is 0 Å². The highest BCUT2D eigenvalue weighted by molar-refractivity contribution is 6.33. The molecule has 1 saturated carbocycles. The normalized spacial score (nSPS) is 17.3. The fraction of sp³-hybridized carbons (Fsp3) is 0.615. The molecule has 1 aliphatic rings. The van der Waals surface area contributed by atoms with Crippen LogP contribution in [-0.2, 0) is 0 Å². The van der Waals surface area contributed by atoms with Crippen molar-refractivity contribution in [2.75, 3.05) is 11.9 Å². The summed E-state index contributed by atoms with van der Waals surface area (Å²) >= 11 is 6.04. The Bertz CT molecular complexity index is 321. The fourth-order valence-corrected chi connectivity index (χ4v) is 2.57. The molecule has 1 aliphatic carbocycles. The summed E-state index contributed by atoms with van der Waals surface area (Å²) in [6, 6.07) is 1.82. The molecule has 0 amide bonds. The van der Waals surface area contributed by atoms with E-state index in [0.717, 1.165) is 23.2 Å². The number of rotatable bonds is 4. The smallest absolute Gasteiger partial charge is 0.0716 e. The molecule has 0 atom stereocenters. The van der Waals surface area contributed by atoms with Gasteiger partial charge < -0.3 is 5.32 Å². The number of hydrogen-bond acceptors (Lipinski definition) is 2. The minimum atomic E-state index is 0.763. The van der Waals surface area contributed by atoms with E-state index in [-0.39, 0.29) is 0 Å². The number of hydrogen-bond donors (Lipinski definition) is 1. The van der Waals surface area contributed by atoms with E-state index >= 15 is 0 Å². The van der Waals surface area contributed by atoms with E-state index in [2.05, 4.69) is 10.3 Å². The van der Waals surface area contributed by atoms with Crippen molar-refractivity contribution < 1.29 is 0 Å². The third-order valence-corrected chi connectivity index (χ3v) is 3.69. The van der Waals surface area contributed by atoms with Gasteiger partial charge in [-0.1, -0.05) is 43.7 Å². The van der Waals surface area contributed by atoms with Crippen LogP contribution in [-0.4, -0.2) is 11.5 Å². The summed E-state index contributed by atoms with van der Waals surface area (Å²) < 4.78 is 0. The summed E-state index contributed by atoms with van der Waals surface area (Å²) in [5, 5.41) is 4.13. The first-order valence-corrected chi connectivity index (χ1v) is 6.57. The van der Waals surface area contributed by atoms with Gasteiger partial charge in [0.2, 0.25) is 0 Å². The lowest BCUT2D eigenvalue weighted by Gasteiger charge is -2.21. The van der Waals surface area contributed by atoms with Gasteiger partial charge in [-0.05, 0) is 18.4 Å². The van der Waals surface area contributed by atoms with Gasteiger partial charge in [0, 0.05) is 12.7 Å². The molecule has 1 N–H and O–H groups in total. The monoisotopic (exact) mass is 238 g/mol. The fourth-order valence-electron chi connectivity index (χ4n) is 2.39. The predicted molar refractivity (Wildman–Crippen MR) is 68.9 cm³/mol. The zero-order chi connectivity index (χ0) is 11.2. The van der Waals surface area contributed by atoms with E-state index in [0.29, 0.717) is 0 Å². The molecule has 88 valence electrons. The van der Waals surface area contributed by atoms with Crippen molar-refractivity contribution in [2.24, 2.45) is 5.92 Å². The number of halogens is 1. The van der Waals surface area contributed by atoms with E-state index in [1.165, 1.54) is 38.5 Å². The summed E-state index contributed by atoms with van der Waals surface area (Å²) in [4.78, 5) is 4.06. The molecule has 2 nitrogen and oxygen atoms in total. The zero-order valence-corrected chi connectivity index (χ0v) is 10.3.